The van der Waals surface area contributed by atoms with Crippen LogP contribution in [-0.4, -0.2) is 116 Å². The number of fused-ring (bicyclic) bond motifs is 4. The van der Waals surface area contributed by atoms with E-state index in [-0.39, 0.29) is 66.3 Å². The number of amides is 4. The first-order chi connectivity index (χ1) is 33.4. The number of methoxy groups -OCH3 is 2. The number of ether oxygens (including phenoxy) is 4. The van der Waals surface area contributed by atoms with Crippen molar-refractivity contribution in [1.29, 1.82) is 0 Å². The van der Waals surface area contributed by atoms with Gasteiger partial charge in [0, 0.05) is 63.6 Å². The Hall–Kier alpha value is -8.41. The summed E-state index contributed by atoms with van der Waals surface area (Å²) in [6.07, 6.45) is 6.79. The largest absolute Gasteiger partial charge is 0.481 e. The molecule has 0 bridgehead atoms. The van der Waals surface area contributed by atoms with Crippen LogP contribution in [0.15, 0.2) is 70.5 Å². The standard InChI is InChI=1S/C23H24N6O5.C11H12N4O3.C11H11N3O3/c1-33-19-8-5-15-23(27-19)28(21(32)11-24-15)9-3-2-4-14-10-20(31)29(12-14)17-7-6-16-22(25-17)26-18(30)13-34-16;12-6-3-10(17)15(4-6)8-2-1-7-11(13-8)14-9(16)5-18-7;1-17-9-4-3-8-11(13-9)14(5-2-6-15)10(16)7-12-8/h5-8,11,14H,2-4,9-10,12-13H2,1H3,(H,25,26,30);1-2,6H,3-5,12H2,(H,13,14,16);3-4,6-7H,2,5H2,1H3/t14-;6-;/m11./s1. The molecular formula is C45H47N13O11. The van der Waals surface area contributed by atoms with Crippen LogP contribution in [0.5, 0.6) is 23.3 Å². The number of aryl methyl sites for hydroxylation is 2. The summed E-state index contributed by atoms with van der Waals surface area (Å²) in [5.41, 5.74) is 7.41. The van der Waals surface area contributed by atoms with Crippen LogP contribution in [0.25, 0.3) is 22.3 Å². The number of carbonyl (C=O) groups excluding carboxylic acids is 5. The lowest BCUT2D eigenvalue weighted by molar-refractivity contribution is -0.119. The molecule has 2 fully saturated rings. The summed E-state index contributed by atoms with van der Waals surface area (Å²) in [6.45, 7) is 1.76. The highest BCUT2D eigenvalue weighted by Crippen LogP contribution is 2.33. The lowest BCUT2D eigenvalue weighted by Gasteiger charge is -2.21. The zero-order chi connectivity index (χ0) is 48.6. The predicted octanol–water partition coefficient (Wildman–Crippen LogP) is 1.62. The van der Waals surface area contributed by atoms with Crippen molar-refractivity contribution in [2.24, 2.45) is 11.7 Å². The van der Waals surface area contributed by atoms with E-state index >= 15 is 0 Å². The summed E-state index contributed by atoms with van der Waals surface area (Å²) in [4.78, 5) is 110. The van der Waals surface area contributed by atoms with Crippen LogP contribution in [0, 0.1) is 5.92 Å². The van der Waals surface area contributed by atoms with Gasteiger partial charge in [0.1, 0.15) is 29.0 Å². The molecule has 0 unspecified atom stereocenters. The van der Waals surface area contributed by atoms with Crippen LogP contribution in [0.3, 0.4) is 0 Å². The lowest BCUT2D eigenvalue weighted by Crippen LogP contribution is -2.30. The Kier molecular flexibility index (Phi) is 14.4. The van der Waals surface area contributed by atoms with Crippen LogP contribution in [0.1, 0.15) is 38.5 Å². The van der Waals surface area contributed by atoms with E-state index in [2.05, 4.69) is 40.5 Å². The summed E-state index contributed by atoms with van der Waals surface area (Å²) in [5.74, 6) is 3.14. The van der Waals surface area contributed by atoms with Crippen molar-refractivity contribution < 1.29 is 42.9 Å². The minimum absolute atomic E-state index is 0.00754. The highest BCUT2D eigenvalue weighted by Gasteiger charge is 2.33. The number of aromatic nitrogens is 8. The number of carbonyl (C=O) groups is 5. The molecule has 0 spiro atoms. The van der Waals surface area contributed by atoms with Gasteiger partial charge in [-0.2, -0.15) is 9.97 Å². The van der Waals surface area contributed by atoms with Crippen molar-refractivity contribution in [3.8, 4) is 23.3 Å². The van der Waals surface area contributed by atoms with Gasteiger partial charge in [-0.1, -0.05) is 6.42 Å². The Balaban J connectivity index is 0.000000154. The summed E-state index contributed by atoms with van der Waals surface area (Å²) < 4.78 is 23.7. The number of rotatable bonds is 12. The smallest absolute Gasteiger partial charge is 0.270 e. The molecule has 69 heavy (non-hydrogen) atoms. The SMILES string of the molecule is COc1ccc2ncc(=O)n(CCC=O)c2n1.COc1ccc2ncc(=O)n(CCCC[C@@H]3CC(=O)N(c4ccc5c(n4)NC(=O)CO5)C3)c2n1.N[C@@H]1CC(=O)N(c2ccc3c(n2)NC(=O)CO3)C1. The van der Waals surface area contributed by atoms with Gasteiger partial charge < -0.3 is 40.1 Å². The normalized spacial score (nSPS) is 17.0. The third kappa shape index (κ3) is 10.9. The van der Waals surface area contributed by atoms with Crippen LogP contribution < -0.4 is 56.2 Å². The third-order valence-electron chi connectivity index (χ3n) is 11.3. The van der Waals surface area contributed by atoms with Gasteiger partial charge in [-0.05, 0) is 55.2 Å². The second-order valence-corrected chi connectivity index (χ2v) is 16.1. The Bertz CT molecular complexity index is 3070. The predicted molar refractivity (Wildman–Crippen MR) is 247 cm³/mol. The number of hydrogen-bond donors (Lipinski definition) is 3. The fourth-order valence-electron chi connectivity index (χ4n) is 7.95. The number of pyridine rings is 4. The number of anilines is 4. The molecule has 4 N–H and O–H groups in total. The molecule has 24 nitrogen and oxygen atoms in total. The molecule has 0 aromatic carbocycles. The van der Waals surface area contributed by atoms with E-state index < -0.39 is 0 Å². The van der Waals surface area contributed by atoms with Gasteiger partial charge in [0.2, 0.25) is 23.6 Å². The second kappa shape index (κ2) is 21.0. The Morgan fingerprint density at radius 1 is 0.667 bits per heavy atom. The molecule has 0 saturated carbocycles. The monoisotopic (exact) mass is 945 g/mol. The Labute approximate surface area is 391 Å². The van der Waals surface area contributed by atoms with Crippen molar-refractivity contribution in [3.63, 3.8) is 0 Å². The van der Waals surface area contributed by atoms with Gasteiger partial charge in [0.25, 0.3) is 22.9 Å². The van der Waals surface area contributed by atoms with E-state index in [1.807, 2.05) is 0 Å². The summed E-state index contributed by atoms with van der Waals surface area (Å²) in [5, 5.41) is 5.28. The van der Waals surface area contributed by atoms with Gasteiger partial charge in [0.05, 0.1) is 26.6 Å². The number of aldehydes is 1. The molecule has 2 atom stereocenters. The van der Waals surface area contributed by atoms with E-state index in [1.54, 1.807) is 58.0 Å². The number of nitrogens with zero attached hydrogens (tertiary/aromatic N) is 10. The number of nitrogens with one attached hydrogen (secondary N) is 2. The van der Waals surface area contributed by atoms with Gasteiger partial charge in [-0.25, -0.2) is 19.9 Å². The van der Waals surface area contributed by atoms with Crippen LogP contribution in [0.4, 0.5) is 23.3 Å². The topological polar surface area (TPSA) is 300 Å². The molecule has 4 amide bonds. The number of nitrogens with two attached hydrogens (primary N) is 1. The minimum Gasteiger partial charge on any atom is -0.481 e. The maximum atomic E-state index is 12.6. The van der Waals surface area contributed by atoms with Crippen molar-refractivity contribution >= 4 is 75.5 Å². The Morgan fingerprint density at radius 3 is 1.70 bits per heavy atom. The van der Waals surface area contributed by atoms with Crippen LogP contribution >= 0.6 is 0 Å². The van der Waals surface area contributed by atoms with Crippen molar-refractivity contribution in [3.05, 3.63) is 81.6 Å². The van der Waals surface area contributed by atoms with E-state index in [0.717, 1.165) is 25.5 Å². The first-order valence-electron chi connectivity index (χ1n) is 21.9. The highest BCUT2D eigenvalue weighted by atomic mass is 16.5. The molecule has 0 aliphatic carbocycles. The molecule has 24 heteroatoms. The van der Waals surface area contributed by atoms with E-state index in [1.165, 1.54) is 36.1 Å². The molecule has 2 saturated heterocycles. The molecule has 6 aromatic rings. The summed E-state index contributed by atoms with van der Waals surface area (Å²) >= 11 is 0. The van der Waals surface area contributed by atoms with Crippen LogP contribution in [0.2, 0.25) is 0 Å². The molecular weight excluding hydrogens is 899 g/mol. The summed E-state index contributed by atoms with van der Waals surface area (Å²) in [6, 6.07) is 13.5. The van der Waals surface area contributed by atoms with Gasteiger partial charge in [-0.3, -0.25) is 47.7 Å². The first-order valence-corrected chi connectivity index (χ1v) is 21.9. The highest BCUT2D eigenvalue weighted by molar-refractivity contribution is 5.98. The molecule has 4 aliphatic heterocycles. The molecule has 6 aromatic heterocycles. The zero-order valence-corrected chi connectivity index (χ0v) is 37.5. The van der Waals surface area contributed by atoms with E-state index in [0.29, 0.717) is 108 Å². The fraction of sp³-hybridized carbons (Fsp3) is 0.356. The van der Waals surface area contributed by atoms with Gasteiger partial charge in [-0.15, -0.1) is 0 Å². The molecule has 10 rings (SSSR count). The molecule has 10 heterocycles. The summed E-state index contributed by atoms with van der Waals surface area (Å²) in [7, 11) is 3.03. The van der Waals surface area contributed by atoms with Crippen molar-refractivity contribution in [2.45, 2.75) is 57.7 Å². The first kappa shape index (κ1) is 47.1. The second-order valence-electron chi connectivity index (χ2n) is 16.1. The van der Waals surface area contributed by atoms with Gasteiger partial charge >= 0.3 is 0 Å². The number of unbranched alkanes of at least 4 members (excludes halogenated alkanes) is 1. The lowest BCUT2D eigenvalue weighted by atomic mass is 10.0. The zero-order valence-electron chi connectivity index (χ0n) is 37.5. The minimum atomic E-state index is -0.278. The van der Waals surface area contributed by atoms with Gasteiger partial charge in [0.15, 0.2) is 47.6 Å². The molecule has 4 aliphatic rings. The third-order valence-corrected chi connectivity index (χ3v) is 11.3. The van der Waals surface area contributed by atoms with Crippen molar-refractivity contribution in [2.75, 3.05) is 61.0 Å². The quantitative estimate of drug-likeness (QED) is 0.116. The van der Waals surface area contributed by atoms with Crippen molar-refractivity contribution in [1.82, 2.24) is 39.0 Å². The Morgan fingerprint density at radius 2 is 1.19 bits per heavy atom. The number of hydrogen-bond acceptors (Lipinski definition) is 18. The fourth-order valence-corrected chi connectivity index (χ4v) is 7.95. The van der Waals surface area contributed by atoms with Crippen LogP contribution in [-0.2, 0) is 37.1 Å². The molecule has 358 valence electrons. The van der Waals surface area contributed by atoms with E-state index in [9.17, 15) is 33.6 Å². The molecule has 0 radical (unpaired) electrons. The van der Waals surface area contributed by atoms with E-state index in [4.69, 9.17) is 24.7 Å². The maximum Gasteiger partial charge on any atom is 0.270 e. The average Bonchev–Trinajstić information content (AvgIpc) is 3.91. The maximum absolute atomic E-state index is 12.6. The average molecular weight is 946 g/mol.